The Balaban J connectivity index is 0.000000547. The summed E-state index contributed by atoms with van der Waals surface area (Å²) in [5.74, 6) is -0.517. The third-order valence-corrected chi connectivity index (χ3v) is 6.64. The minimum Gasteiger partial charge on any atom is -0.494 e. The fraction of sp³-hybridized carbons (Fsp3) is 0.419. The number of carboxylic acids is 1. The van der Waals surface area contributed by atoms with Gasteiger partial charge in [0.15, 0.2) is 0 Å². The topological polar surface area (TPSA) is 132 Å². The Morgan fingerprint density at radius 2 is 1.80 bits per heavy atom. The number of aryl methyl sites for hydroxylation is 1. The molecule has 4 rings (SSSR count). The molecule has 1 aliphatic heterocycles. The van der Waals surface area contributed by atoms with Crippen molar-refractivity contribution in [1.82, 2.24) is 15.1 Å². The molecule has 9 nitrogen and oxygen atoms in total. The largest absolute Gasteiger partial charge is 0.494 e. The first-order valence-electron chi connectivity index (χ1n) is 13.7. The summed E-state index contributed by atoms with van der Waals surface area (Å²) in [6.45, 7) is 10.8. The molecule has 2 aromatic carbocycles. The third-order valence-electron chi connectivity index (χ3n) is 6.64. The molecule has 0 bridgehead atoms. The van der Waals surface area contributed by atoms with Crippen molar-refractivity contribution >= 4 is 11.9 Å². The van der Waals surface area contributed by atoms with Crippen molar-refractivity contribution in [2.45, 2.75) is 66.0 Å². The normalized spacial score (nSPS) is 18.7. The lowest BCUT2D eigenvalue weighted by Gasteiger charge is -2.31. The predicted molar refractivity (Wildman–Crippen MR) is 153 cm³/mol. The van der Waals surface area contributed by atoms with Gasteiger partial charge in [0.1, 0.15) is 6.10 Å². The van der Waals surface area contributed by atoms with Crippen LogP contribution >= 0.6 is 0 Å². The number of ether oxygens (including phenoxy) is 1. The highest BCUT2D eigenvalue weighted by molar-refractivity contribution is 5.95. The fourth-order valence-electron chi connectivity index (χ4n) is 4.33. The van der Waals surface area contributed by atoms with Crippen molar-refractivity contribution < 1.29 is 23.8 Å². The van der Waals surface area contributed by atoms with Crippen LogP contribution in [0, 0.1) is 12.3 Å². The standard InChI is InChI=1S/C24H32N4O5.C7H8/c1-5-8-28(9-6-2)22(29)18-12-16(19-14-24(4,23(30)31)7-10-32-19)11-17(13-18)21-27-26-20(33-21)15(3)25;1-7-5-3-2-4-6-7/h7,10-13,15,19H,5-6,8-9,14,25H2,1-4H3,(H,30,31);2-6H,1H3. The number of hydrogen-bond donors (Lipinski definition) is 2. The Hall–Kier alpha value is -3.98. The van der Waals surface area contributed by atoms with Gasteiger partial charge in [-0.25, -0.2) is 0 Å². The summed E-state index contributed by atoms with van der Waals surface area (Å²) in [5.41, 5.74) is 7.78. The number of amides is 1. The molecular weight excluding hydrogens is 508 g/mol. The van der Waals surface area contributed by atoms with Crippen molar-refractivity contribution in [3.05, 3.63) is 83.5 Å². The maximum absolute atomic E-state index is 13.4. The number of carbonyl (C=O) groups excluding carboxylic acids is 1. The van der Waals surface area contributed by atoms with Gasteiger partial charge in [0, 0.05) is 30.6 Å². The quantitative estimate of drug-likeness (QED) is 0.329. The van der Waals surface area contributed by atoms with E-state index in [1.165, 1.54) is 11.8 Å². The van der Waals surface area contributed by atoms with Crippen LogP contribution in [0.4, 0.5) is 0 Å². The number of hydrogen-bond acceptors (Lipinski definition) is 7. The molecule has 0 saturated heterocycles. The van der Waals surface area contributed by atoms with E-state index in [0.717, 1.165) is 12.8 Å². The SMILES string of the molecule is CCCN(CCC)C(=O)c1cc(-c2nnc(C(C)N)o2)cc(C2CC(C)(C(=O)O)C=CO2)c1.Cc1ccccc1. The first-order chi connectivity index (χ1) is 19.1. The molecule has 40 heavy (non-hydrogen) atoms. The fourth-order valence-corrected chi connectivity index (χ4v) is 4.33. The molecule has 1 amide bonds. The van der Waals surface area contributed by atoms with Gasteiger partial charge < -0.3 is 24.9 Å². The second-order valence-corrected chi connectivity index (χ2v) is 10.4. The van der Waals surface area contributed by atoms with Gasteiger partial charge >= 0.3 is 5.97 Å². The summed E-state index contributed by atoms with van der Waals surface area (Å²) in [5, 5.41) is 17.8. The van der Waals surface area contributed by atoms with Gasteiger partial charge in [0.2, 0.25) is 11.8 Å². The van der Waals surface area contributed by atoms with E-state index in [1.54, 1.807) is 38.1 Å². The molecular formula is C31H40N4O5. The van der Waals surface area contributed by atoms with Gasteiger partial charge in [0.25, 0.3) is 5.91 Å². The van der Waals surface area contributed by atoms with Gasteiger partial charge in [-0.05, 0) is 63.5 Å². The molecule has 3 aromatic rings. The van der Waals surface area contributed by atoms with Crippen molar-refractivity contribution in [2.24, 2.45) is 11.1 Å². The smallest absolute Gasteiger partial charge is 0.313 e. The number of aromatic nitrogens is 2. The van der Waals surface area contributed by atoms with E-state index in [0.29, 0.717) is 29.8 Å². The highest BCUT2D eigenvalue weighted by atomic mass is 16.5. The van der Waals surface area contributed by atoms with Crippen LogP contribution in [0.1, 0.15) is 86.5 Å². The average molecular weight is 549 g/mol. The van der Waals surface area contributed by atoms with E-state index in [2.05, 4.69) is 29.3 Å². The van der Waals surface area contributed by atoms with Crippen LogP contribution in [0.5, 0.6) is 0 Å². The number of benzene rings is 2. The minimum atomic E-state index is -1.08. The predicted octanol–water partition coefficient (Wildman–Crippen LogP) is 6.08. The van der Waals surface area contributed by atoms with Gasteiger partial charge in [-0.2, -0.15) is 0 Å². The van der Waals surface area contributed by atoms with Crippen LogP contribution in [-0.2, 0) is 9.53 Å². The Bertz CT molecular complexity index is 1300. The number of carbonyl (C=O) groups is 2. The highest BCUT2D eigenvalue weighted by Gasteiger charge is 2.37. The Morgan fingerprint density at radius 3 is 2.33 bits per heavy atom. The second-order valence-electron chi connectivity index (χ2n) is 10.4. The van der Waals surface area contributed by atoms with Crippen LogP contribution in [0.25, 0.3) is 11.5 Å². The zero-order valence-electron chi connectivity index (χ0n) is 24.0. The summed E-state index contributed by atoms with van der Waals surface area (Å²) in [6.07, 6.45) is 4.31. The number of nitrogens with zero attached hydrogens (tertiary/aromatic N) is 3. The molecule has 0 spiro atoms. The molecule has 0 saturated carbocycles. The monoisotopic (exact) mass is 548 g/mol. The summed E-state index contributed by atoms with van der Waals surface area (Å²) >= 11 is 0. The van der Waals surface area contributed by atoms with Gasteiger partial charge in [-0.1, -0.05) is 49.7 Å². The summed E-state index contributed by atoms with van der Waals surface area (Å²) in [4.78, 5) is 27.0. The maximum atomic E-state index is 13.4. The van der Waals surface area contributed by atoms with Crippen molar-refractivity contribution in [2.75, 3.05) is 13.1 Å². The molecule has 3 atom stereocenters. The highest BCUT2D eigenvalue weighted by Crippen LogP contribution is 2.39. The van der Waals surface area contributed by atoms with Gasteiger partial charge in [0.05, 0.1) is 17.7 Å². The molecule has 1 aromatic heterocycles. The Kier molecular flexibility index (Phi) is 10.6. The van der Waals surface area contributed by atoms with Crippen molar-refractivity contribution in [3.63, 3.8) is 0 Å². The summed E-state index contributed by atoms with van der Waals surface area (Å²) in [7, 11) is 0. The van der Waals surface area contributed by atoms with Crippen LogP contribution in [0.2, 0.25) is 0 Å². The number of carboxylic acid groups (broad SMARTS) is 1. The Labute approximate surface area is 236 Å². The molecule has 3 unspecified atom stereocenters. The molecule has 9 heteroatoms. The van der Waals surface area contributed by atoms with Crippen LogP contribution < -0.4 is 5.73 Å². The molecule has 0 radical (unpaired) electrons. The number of aliphatic carboxylic acids is 1. The Morgan fingerprint density at radius 1 is 1.12 bits per heavy atom. The van der Waals surface area contributed by atoms with Crippen molar-refractivity contribution in [3.8, 4) is 11.5 Å². The lowest BCUT2D eigenvalue weighted by molar-refractivity contribution is -0.147. The average Bonchev–Trinajstić information content (AvgIpc) is 3.44. The second kappa shape index (κ2) is 13.9. The van der Waals surface area contributed by atoms with E-state index in [1.807, 2.05) is 36.9 Å². The van der Waals surface area contributed by atoms with E-state index in [-0.39, 0.29) is 24.1 Å². The van der Waals surface area contributed by atoms with E-state index in [9.17, 15) is 14.7 Å². The van der Waals surface area contributed by atoms with Crippen LogP contribution in [-0.4, -0.2) is 45.2 Å². The van der Waals surface area contributed by atoms with Gasteiger partial charge in [-0.15, -0.1) is 10.2 Å². The zero-order chi connectivity index (χ0) is 29.3. The van der Waals surface area contributed by atoms with Crippen LogP contribution in [0.3, 0.4) is 0 Å². The molecule has 214 valence electrons. The first-order valence-corrected chi connectivity index (χ1v) is 13.7. The molecule has 3 N–H and O–H groups in total. The molecule has 0 aliphatic carbocycles. The van der Waals surface area contributed by atoms with E-state index >= 15 is 0 Å². The van der Waals surface area contributed by atoms with Gasteiger partial charge in [-0.3, -0.25) is 9.59 Å². The minimum absolute atomic E-state index is 0.110. The molecule has 2 heterocycles. The lowest BCUT2D eigenvalue weighted by Crippen LogP contribution is -2.33. The zero-order valence-corrected chi connectivity index (χ0v) is 24.0. The number of rotatable bonds is 9. The third kappa shape index (κ3) is 7.79. The van der Waals surface area contributed by atoms with Crippen LogP contribution in [0.15, 0.2) is 65.3 Å². The molecule has 1 aliphatic rings. The van der Waals surface area contributed by atoms with E-state index in [4.69, 9.17) is 14.9 Å². The lowest BCUT2D eigenvalue weighted by atomic mass is 9.81. The maximum Gasteiger partial charge on any atom is 0.313 e. The first kappa shape index (κ1) is 30.6. The van der Waals surface area contributed by atoms with E-state index < -0.39 is 23.5 Å². The summed E-state index contributed by atoms with van der Waals surface area (Å²) in [6, 6.07) is 15.1. The van der Waals surface area contributed by atoms with Crippen molar-refractivity contribution in [1.29, 1.82) is 0 Å². The molecule has 0 fully saturated rings. The summed E-state index contributed by atoms with van der Waals surface area (Å²) < 4.78 is 11.5. The number of nitrogens with two attached hydrogens (primary N) is 1.